The van der Waals surface area contributed by atoms with Crippen molar-refractivity contribution in [3.05, 3.63) is 107 Å². The highest BCUT2D eigenvalue weighted by molar-refractivity contribution is 6.07. The molecular formula is C30H29N5O3. The fourth-order valence-corrected chi connectivity index (χ4v) is 4.68. The zero-order chi connectivity index (χ0) is 26.6. The molecule has 0 saturated carbocycles. The van der Waals surface area contributed by atoms with Crippen LogP contribution >= 0.6 is 0 Å². The number of esters is 1. The number of nitrogens with one attached hydrogen (secondary N) is 3. The van der Waals surface area contributed by atoms with Gasteiger partial charge in [-0.05, 0) is 43.2 Å². The summed E-state index contributed by atoms with van der Waals surface area (Å²) in [5, 5.41) is 10.9. The highest BCUT2D eigenvalue weighted by Crippen LogP contribution is 2.32. The zero-order valence-corrected chi connectivity index (χ0v) is 21.2. The van der Waals surface area contributed by atoms with Gasteiger partial charge in [0.1, 0.15) is 6.61 Å². The van der Waals surface area contributed by atoms with E-state index in [2.05, 4.69) is 20.5 Å². The van der Waals surface area contributed by atoms with Gasteiger partial charge in [0, 0.05) is 35.5 Å². The van der Waals surface area contributed by atoms with Crippen LogP contribution in [0.2, 0.25) is 0 Å². The lowest BCUT2D eigenvalue weighted by molar-refractivity contribution is -0.117. The number of anilines is 1. The molecule has 2 aromatic heterocycles. The lowest BCUT2D eigenvalue weighted by Gasteiger charge is -2.16. The van der Waals surface area contributed by atoms with Crippen LogP contribution in [0.3, 0.4) is 0 Å². The van der Waals surface area contributed by atoms with E-state index in [-0.39, 0.29) is 25.0 Å². The van der Waals surface area contributed by atoms with Crippen molar-refractivity contribution in [3.63, 3.8) is 0 Å². The average Bonchev–Trinajstić information content (AvgIpc) is 3.58. The average molecular weight is 508 g/mol. The maximum atomic E-state index is 13.2. The number of nitrogens with zero attached hydrogens (tertiary/aromatic N) is 1. The first-order chi connectivity index (χ1) is 18.4. The Balaban J connectivity index is 1.26. The molecule has 0 unspecified atom stereocenters. The molecule has 0 fully saturated rings. The number of rotatable bonds is 8. The fraction of sp³-hybridized carbons (Fsp3) is 0.167. The van der Waals surface area contributed by atoms with Crippen molar-refractivity contribution in [2.24, 2.45) is 5.73 Å². The van der Waals surface area contributed by atoms with Crippen LogP contribution < -0.4 is 11.1 Å². The van der Waals surface area contributed by atoms with E-state index in [0.717, 1.165) is 44.3 Å². The number of aryl methyl sites for hydroxylation is 2. The molecule has 38 heavy (non-hydrogen) atoms. The van der Waals surface area contributed by atoms with Gasteiger partial charge in [-0.3, -0.25) is 9.89 Å². The summed E-state index contributed by atoms with van der Waals surface area (Å²) in [7, 11) is 0. The van der Waals surface area contributed by atoms with Gasteiger partial charge >= 0.3 is 5.97 Å². The number of hydrogen-bond donors (Lipinski definition) is 4. The summed E-state index contributed by atoms with van der Waals surface area (Å²) in [5.41, 5.74) is 13.6. The number of aromatic nitrogens is 3. The number of H-pyrrole nitrogens is 2. The van der Waals surface area contributed by atoms with Crippen molar-refractivity contribution < 1.29 is 14.3 Å². The van der Waals surface area contributed by atoms with E-state index in [1.54, 1.807) is 6.20 Å². The number of para-hydroxylation sites is 1. The van der Waals surface area contributed by atoms with E-state index < -0.39 is 5.92 Å². The maximum absolute atomic E-state index is 13.2. The summed E-state index contributed by atoms with van der Waals surface area (Å²) in [6, 6.07) is 18.8. The van der Waals surface area contributed by atoms with Crippen LogP contribution in [-0.2, 0) is 16.1 Å². The first-order valence-corrected chi connectivity index (χ1v) is 12.4. The van der Waals surface area contributed by atoms with Crippen molar-refractivity contribution in [2.45, 2.75) is 26.4 Å². The molecule has 8 heteroatoms. The number of fused-ring (bicyclic) bond motifs is 1. The predicted octanol–water partition coefficient (Wildman–Crippen LogP) is 5.21. The summed E-state index contributed by atoms with van der Waals surface area (Å²) in [6.07, 6.45) is 5.48. The third-order valence-corrected chi connectivity index (χ3v) is 6.54. The Morgan fingerprint density at radius 3 is 2.47 bits per heavy atom. The SMILES string of the molecule is Cc1cc(C)cc(C(=O)OCc2ccc([C@H](CN)C(=O)Nc3cccc4c(-c5cn[nH]c5)c[nH]c34)cc2)c1. The quantitative estimate of drug-likeness (QED) is 0.215. The van der Waals surface area contributed by atoms with Gasteiger partial charge in [-0.25, -0.2) is 4.79 Å². The number of aromatic amines is 2. The first-order valence-electron chi connectivity index (χ1n) is 12.4. The number of carbonyl (C=O) groups excluding carboxylic acids is 2. The predicted molar refractivity (Wildman–Crippen MR) is 148 cm³/mol. The van der Waals surface area contributed by atoms with Gasteiger partial charge in [-0.2, -0.15) is 5.10 Å². The minimum Gasteiger partial charge on any atom is -0.457 e. The number of hydrogen-bond acceptors (Lipinski definition) is 5. The van der Waals surface area contributed by atoms with E-state index >= 15 is 0 Å². The maximum Gasteiger partial charge on any atom is 0.338 e. The van der Waals surface area contributed by atoms with E-state index in [0.29, 0.717) is 11.3 Å². The van der Waals surface area contributed by atoms with Crippen LogP contribution in [0.15, 0.2) is 79.3 Å². The molecule has 0 aliphatic carbocycles. The monoisotopic (exact) mass is 507 g/mol. The highest BCUT2D eigenvalue weighted by Gasteiger charge is 2.21. The van der Waals surface area contributed by atoms with Crippen molar-refractivity contribution in [1.29, 1.82) is 0 Å². The molecule has 5 rings (SSSR count). The number of nitrogens with two attached hydrogens (primary N) is 1. The van der Waals surface area contributed by atoms with Crippen LogP contribution in [0.25, 0.3) is 22.0 Å². The third-order valence-electron chi connectivity index (χ3n) is 6.54. The zero-order valence-electron chi connectivity index (χ0n) is 21.2. The van der Waals surface area contributed by atoms with Crippen molar-refractivity contribution >= 4 is 28.5 Å². The number of benzene rings is 3. The molecule has 0 radical (unpaired) electrons. The van der Waals surface area contributed by atoms with Crippen LogP contribution in [0.4, 0.5) is 5.69 Å². The highest BCUT2D eigenvalue weighted by atomic mass is 16.5. The Kier molecular flexibility index (Phi) is 7.06. The molecule has 0 aliphatic rings. The summed E-state index contributed by atoms with van der Waals surface area (Å²) < 4.78 is 5.49. The molecule has 1 atom stereocenters. The minimum absolute atomic E-state index is 0.138. The van der Waals surface area contributed by atoms with Crippen LogP contribution in [-0.4, -0.2) is 33.6 Å². The topological polar surface area (TPSA) is 126 Å². The molecule has 5 aromatic rings. The molecule has 192 valence electrons. The standard InChI is InChI=1S/C30H29N5O3/c1-18-10-19(2)12-22(11-18)30(37)38-17-20-6-8-21(9-7-20)25(13-31)29(36)35-27-5-3-4-24-26(16-32-28(24)27)23-14-33-34-15-23/h3-12,14-16,25,32H,13,17,31H2,1-2H3,(H,33,34)(H,35,36)/t25-/m0/s1. The molecular weight excluding hydrogens is 478 g/mol. The third kappa shape index (κ3) is 5.21. The number of carbonyl (C=O) groups is 2. The Hall–Kier alpha value is -4.69. The van der Waals surface area contributed by atoms with E-state index in [1.165, 1.54) is 0 Å². The lowest BCUT2D eigenvalue weighted by atomic mass is 9.97. The molecule has 2 heterocycles. The lowest BCUT2D eigenvalue weighted by Crippen LogP contribution is -2.27. The minimum atomic E-state index is -0.541. The first kappa shape index (κ1) is 25.0. The Morgan fingerprint density at radius 1 is 1.03 bits per heavy atom. The molecule has 0 aliphatic heterocycles. The smallest absolute Gasteiger partial charge is 0.338 e. The Bertz CT molecular complexity index is 1570. The van der Waals surface area contributed by atoms with Crippen LogP contribution in [0.1, 0.15) is 38.5 Å². The molecule has 3 aromatic carbocycles. The molecule has 5 N–H and O–H groups in total. The van der Waals surface area contributed by atoms with E-state index in [4.69, 9.17) is 10.5 Å². The summed E-state index contributed by atoms with van der Waals surface area (Å²) in [6.45, 7) is 4.18. The fourth-order valence-electron chi connectivity index (χ4n) is 4.68. The largest absolute Gasteiger partial charge is 0.457 e. The normalized spacial score (nSPS) is 11.9. The Labute approximate surface area is 220 Å². The van der Waals surface area contributed by atoms with Gasteiger partial charge in [0.25, 0.3) is 0 Å². The second kappa shape index (κ2) is 10.7. The molecule has 1 amide bonds. The molecule has 8 nitrogen and oxygen atoms in total. The van der Waals surface area contributed by atoms with Crippen molar-refractivity contribution in [1.82, 2.24) is 15.2 Å². The van der Waals surface area contributed by atoms with Gasteiger partial charge in [0.2, 0.25) is 5.91 Å². The van der Waals surface area contributed by atoms with Crippen LogP contribution in [0, 0.1) is 13.8 Å². The van der Waals surface area contributed by atoms with E-state index in [1.807, 2.05) is 86.9 Å². The summed E-state index contributed by atoms with van der Waals surface area (Å²) >= 11 is 0. The van der Waals surface area contributed by atoms with Gasteiger partial charge in [0.05, 0.1) is 28.9 Å². The second-order valence-corrected chi connectivity index (χ2v) is 9.39. The molecule has 0 spiro atoms. The van der Waals surface area contributed by atoms with E-state index in [9.17, 15) is 9.59 Å². The van der Waals surface area contributed by atoms with Crippen LogP contribution in [0.5, 0.6) is 0 Å². The van der Waals surface area contributed by atoms with Gasteiger partial charge in [-0.15, -0.1) is 0 Å². The Morgan fingerprint density at radius 2 is 1.79 bits per heavy atom. The van der Waals surface area contributed by atoms with Crippen molar-refractivity contribution in [2.75, 3.05) is 11.9 Å². The number of amides is 1. The van der Waals surface area contributed by atoms with Crippen molar-refractivity contribution in [3.8, 4) is 11.1 Å². The number of ether oxygens (including phenoxy) is 1. The molecule has 0 bridgehead atoms. The second-order valence-electron chi connectivity index (χ2n) is 9.39. The van der Waals surface area contributed by atoms with Gasteiger partial charge in [0.15, 0.2) is 0 Å². The summed E-state index contributed by atoms with van der Waals surface area (Å²) in [5.74, 6) is -1.11. The van der Waals surface area contributed by atoms with Gasteiger partial charge < -0.3 is 20.8 Å². The molecule has 0 saturated heterocycles. The van der Waals surface area contributed by atoms with Gasteiger partial charge in [-0.1, -0.05) is 53.6 Å². The summed E-state index contributed by atoms with van der Waals surface area (Å²) in [4.78, 5) is 29.0.